The highest BCUT2D eigenvalue weighted by Gasteiger charge is 2.43. The molecule has 2 rings (SSSR count). The standard InChI is InChI=1S/C14H27NS/c1-12(13(2)9-10-13)15-11-14(16-3)7-5-4-6-8-14/h12,15H,4-11H2,1-3H3. The Hall–Kier alpha value is 0.310. The molecule has 0 saturated heterocycles. The van der Waals surface area contributed by atoms with Crippen LogP contribution >= 0.6 is 11.8 Å². The first-order chi connectivity index (χ1) is 7.60. The molecule has 0 heterocycles. The Morgan fingerprint density at radius 3 is 2.25 bits per heavy atom. The van der Waals surface area contributed by atoms with Gasteiger partial charge in [0.15, 0.2) is 0 Å². The van der Waals surface area contributed by atoms with Gasteiger partial charge >= 0.3 is 0 Å². The van der Waals surface area contributed by atoms with Gasteiger partial charge in [-0.1, -0.05) is 26.2 Å². The van der Waals surface area contributed by atoms with Gasteiger partial charge in [0, 0.05) is 17.3 Å². The van der Waals surface area contributed by atoms with Gasteiger partial charge < -0.3 is 5.32 Å². The van der Waals surface area contributed by atoms with Gasteiger partial charge in [-0.2, -0.15) is 11.8 Å². The maximum Gasteiger partial charge on any atom is 0.0281 e. The summed E-state index contributed by atoms with van der Waals surface area (Å²) in [5.74, 6) is 0. The third-order valence-corrected chi connectivity index (χ3v) is 6.43. The summed E-state index contributed by atoms with van der Waals surface area (Å²) < 4.78 is 0.553. The molecule has 2 aliphatic carbocycles. The van der Waals surface area contributed by atoms with E-state index in [4.69, 9.17) is 0 Å². The fourth-order valence-corrected chi connectivity index (χ4v) is 3.79. The van der Waals surface area contributed by atoms with E-state index in [1.165, 1.54) is 51.5 Å². The van der Waals surface area contributed by atoms with Crippen molar-refractivity contribution in [2.24, 2.45) is 5.41 Å². The molecule has 0 radical (unpaired) electrons. The number of hydrogen-bond acceptors (Lipinski definition) is 2. The van der Waals surface area contributed by atoms with E-state index >= 15 is 0 Å². The zero-order chi connectivity index (χ0) is 11.6. The Bertz CT molecular complexity index is 229. The summed E-state index contributed by atoms with van der Waals surface area (Å²) in [6, 6.07) is 0.707. The van der Waals surface area contributed by atoms with Gasteiger partial charge in [-0.05, 0) is 44.3 Å². The average Bonchev–Trinajstić information content (AvgIpc) is 3.07. The minimum absolute atomic E-state index is 0.553. The Morgan fingerprint density at radius 1 is 1.12 bits per heavy atom. The topological polar surface area (TPSA) is 12.0 Å². The lowest BCUT2D eigenvalue weighted by molar-refractivity contribution is 0.324. The fraction of sp³-hybridized carbons (Fsp3) is 1.00. The van der Waals surface area contributed by atoms with E-state index in [1.54, 1.807) is 0 Å². The summed E-state index contributed by atoms with van der Waals surface area (Å²) in [4.78, 5) is 0. The van der Waals surface area contributed by atoms with E-state index < -0.39 is 0 Å². The highest BCUT2D eigenvalue weighted by atomic mass is 32.2. The van der Waals surface area contributed by atoms with E-state index in [-0.39, 0.29) is 0 Å². The molecule has 2 saturated carbocycles. The van der Waals surface area contributed by atoms with E-state index in [0.29, 0.717) is 16.2 Å². The number of hydrogen-bond donors (Lipinski definition) is 1. The zero-order valence-corrected chi connectivity index (χ0v) is 12.0. The lowest BCUT2D eigenvalue weighted by Crippen LogP contribution is -2.45. The first-order valence-electron chi connectivity index (χ1n) is 6.89. The summed E-state index contributed by atoms with van der Waals surface area (Å²) in [5, 5.41) is 3.83. The molecule has 1 N–H and O–H groups in total. The summed E-state index contributed by atoms with van der Waals surface area (Å²) in [7, 11) is 0. The fourth-order valence-electron chi connectivity index (χ4n) is 2.86. The Kier molecular flexibility index (Phi) is 3.90. The third kappa shape index (κ3) is 2.76. The molecule has 0 bridgehead atoms. The maximum atomic E-state index is 3.83. The Morgan fingerprint density at radius 2 is 1.75 bits per heavy atom. The van der Waals surface area contributed by atoms with E-state index in [0.717, 1.165) is 0 Å². The van der Waals surface area contributed by atoms with Crippen molar-refractivity contribution >= 4 is 11.8 Å². The van der Waals surface area contributed by atoms with Crippen molar-refractivity contribution in [2.45, 2.75) is 69.6 Å². The van der Waals surface area contributed by atoms with E-state index in [9.17, 15) is 0 Å². The molecule has 0 aromatic rings. The number of thioether (sulfide) groups is 1. The van der Waals surface area contributed by atoms with Gasteiger partial charge in [-0.15, -0.1) is 0 Å². The van der Waals surface area contributed by atoms with Crippen molar-refractivity contribution in [3.8, 4) is 0 Å². The molecule has 0 aromatic carbocycles. The lowest BCUT2D eigenvalue weighted by atomic mass is 9.87. The van der Waals surface area contributed by atoms with Crippen LogP contribution in [0, 0.1) is 5.41 Å². The summed E-state index contributed by atoms with van der Waals surface area (Å²) in [6.07, 6.45) is 12.3. The van der Waals surface area contributed by atoms with Crippen LogP contribution < -0.4 is 5.32 Å². The first kappa shape index (κ1) is 12.8. The minimum atomic E-state index is 0.553. The molecule has 94 valence electrons. The molecular formula is C14H27NS. The second-order valence-electron chi connectivity index (χ2n) is 6.20. The van der Waals surface area contributed by atoms with Crippen molar-refractivity contribution in [3.05, 3.63) is 0 Å². The SMILES string of the molecule is CSC1(CNC(C)C2(C)CC2)CCCCC1. The van der Waals surface area contributed by atoms with Crippen molar-refractivity contribution in [3.63, 3.8) is 0 Å². The van der Waals surface area contributed by atoms with Crippen LogP contribution in [0.2, 0.25) is 0 Å². The van der Waals surface area contributed by atoms with Crippen LogP contribution in [-0.4, -0.2) is 23.6 Å². The highest BCUT2D eigenvalue weighted by Crippen LogP contribution is 2.48. The lowest BCUT2D eigenvalue weighted by Gasteiger charge is -2.37. The summed E-state index contributed by atoms with van der Waals surface area (Å²) in [6.45, 7) is 6.03. The van der Waals surface area contributed by atoms with E-state index in [1.807, 2.05) is 0 Å². The van der Waals surface area contributed by atoms with Crippen molar-refractivity contribution in [1.82, 2.24) is 5.32 Å². The van der Waals surface area contributed by atoms with Crippen molar-refractivity contribution in [1.29, 1.82) is 0 Å². The van der Waals surface area contributed by atoms with Crippen molar-refractivity contribution < 1.29 is 0 Å². The molecule has 0 aliphatic heterocycles. The number of rotatable bonds is 5. The largest absolute Gasteiger partial charge is 0.312 e. The molecule has 1 unspecified atom stereocenters. The maximum absolute atomic E-state index is 3.83. The van der Waals surface area contributed by atoms with Crippen molar-refractivity contribution in [2.75, 3.05) is 12.8 Å². The molecule has 0 amide bonds. The normalized spacial score (nSPS) is 28.7. The molecule has 16 heavy (non-hydrogen) atoms. The monoisotopic (exact) mass is 241 g/mol. The van der Waals surface area contributed by atoms with Gasteiger partial charge in [-0.3, -0.25) is 0 Å². The summed E-state index contributed by atoms with van der Waals surface area (Å²) in [5.41, 5.74) is 0.619. The zero-order valence-electron chi connectivity index (χ0n) is 11.1. The minimum Gasteiger partial charge on any atom is -0.312 e. The predicted molar refractivity (Wildman–Crippen MR) is 74.1 cm³/mol. The average molecular weight is 241 g/mol. The third-order valence-electron chi connectivity index (χ3n) is 5.01. The second kappa shape index (κ2) is 4.89. The second-order valence-corrected chi connectivity index (χ2v) is 7.48. The highest BCUT2D eigenvalue weighted by molar-refractivity contribution is 8.00. The van der Waals surface area contributed by atoms with Crippen LogP contribution in [0.4, 0.5) is 0 Å². The molecule has 1 atom stereocenters. The van der Waals surface area contributed by atoms with Gasteiger partial charge in [0.25, 0.3) is 0 Å². The van der Waals surface area contributed by atoms with Crippen LogP contribution in [0.5, 0.6) is 0 Å². The molecular weight excluding hydrogens is 214 g/mol. The number of nitrogens with one attached hydrogen (secondary N) is 1. The molecule has 2 aliphatic rings. The first-order valence-corrected chi connectivity index (χ1v) is 8.11. The van der Waals surface area contributed by atoms with Gasteiger partial charge in [0.05, 0.1) is 0 Å². The van der Waals surface area contributed by atoms with Gasteiger partial charge in [-0.25, -0.2) is 0 Å². The predicted octanol–water partition coefficient (Wildman–Crippen LogP) is 3.83. The van der Waals surface area contributed by atoms with Gasteiger partial charge in [0.2, 0.25) is 0 Å². The van der Waals surface area contributed by atoms with E-state index in [2.05, 4.69) is 37.2 Å². The van der Waals surface area contributed by atoms with Crippen LogP contribution in [0.3, 0.4) is 0 Å². The van der Waals surface area contributed by atoms with Crippen LogP contribution in [0.1, 0.15) is 58.8 Å². The van der Waals surface area contributed by atoms with Crippen LogP contribution in [-0.2, 0) is 0 Å². The van der Waals surface area contributed by atoms with Gasteiger partial charge in [0.1, 0.15) is 0 Å². The molecule has 0 aromatic heterocycles. The molecule has 1 nitrogen and oxygen atoms in total. The van der Waals surface area contributed by atoms with Crippen LogP contribution in [0.15, 0.2) is 0 Å². The Balaban J connectivity index is 1.82. The molecule has 0 spiro atoms. The smallest absolute Gasteiger partial charge is 0.0281 e. The molecule has 2 fully saturated rings. The molecule has 2 heteroatoms. The Labute approximate surface area is 105 Å². The van der Waals surface area contributed by atoms with Crippen LogP contribution in [0.25, 0.3) is 0 Å². The summed E-state index contributed by atoms with van der Waals surface area (Å²) >= 11 is 2.10. The quantitative estimate of drug-likeness (QED) is 0.785.